The smallest absolute Gasteiger partial charge is 0.307 e. The van der Waals surface area contributed by atoms with Gasteiger partial charge in [-0.15, -0.1) is 0 Å². The van der Waals surface area contributed by atoms with Crippen molar-refractivity contribution in [3.8, 4) is 11.8 Å². The van der Waals surface area contributed by atoms with E-state index in [0.29, 0.717) is 6.54 Å². The number of aliphatic carboxylic acids is 1. The lowest BCUT2D eigenvalue weighted by molar-refractivity contribution is -0.136. The number of hydrogen-bond donors (Lipinski definition) is 1. The first-order chi connectivity index (χ1) is 9.58. The Bertz CT molecular complexity index is 676. The molecule has 2 aromatic rings. The Morgan fingerprint density at radius 1 is 1.30 bits per heavy atom. The Balaban J connectivity index is 2.15. The fraction of sp³-hybridized carbons (Fsp3) is 0.250. The van der Waals surface area contributed by atoms with Gasteiger partial charge in [-0.25, -0.2) is 0 Å². The number of aryl methyl sites for hydroxylation is 1. The molecular formula is C16H16N2O2. The maximum Gasteiger partial charge on any atom is 0.307 e. The van der Waals surface area contributed by atoms with E-state index < -0.39 is 5.97 Å². The van der Waals surface area contributed by atoms with Crippen LogP contribution in [0.5, 0.6) is 0 Å². The Morgan fingerprint density at radius 2 is 2.00 bits per heavy atom. The van der Waals surface area contributed by atoms with Crippen LogP contribution in [-0.4, -0.2) is 20.9 Å². The van der Waals surface area contributed by atoms with Gasteiger partial charge in [0.2, 0.25) is 0 Å². The highest BCUT2D eigenvalue weighted by Gasteiger charge is 2.13. The SMILES string of the molecule is Cc1nn(CC#Cc2ccccc2)c(C)c1CC(=O)O. The third-order valence-corrected chi connectivity index (χ3v) is 3.09. The van der Waals surface area contributed by atoms with Gasteiger partial charge in [-0.05, 0) is 26.0 Å². The van der Waals surface area contributed by atoms with Gasteiger partial charge in [0.05, 0.1) is 12.1 Å². The molecule has 0 aliphatic heterocycles. The van der Waals surface area contributed by atoms with Gasteiger partial charge in [-0.2, -0.15) is 5.10 Å². The van der Waals surface area contributed by atoms with Crippen molar-refractivity contribution in [2.75, 3.05) is 0 Å². The normalized spacial score (nSPS) is 9.90. The van der Waals surface area contributed by atoms with Crippen molar-refractivity contribution in [3.63, 3.8) is 0 Å². The van der Waals surface area contributed by atoms with Crippen molar-refractivity contribution in [1.82, 2.24) is 9.78 Å². The highest BCUT2D eigenvalue weighted by Crippen LogP contribution is 2.13. The lowest BCUT2D eigenvalue weighted by Gasteiger charge is -1.99. The Kier molecular flexibility index (Phi) is 4.21. The van der Waals surface area contributed by atoms with Crippen molar-refractivity contribution in [2.24, 2.45) is 0 Å². The molecule has 0 saturated heterocycles. The number of carboxylic acids is 1. The molecule has 0 radical (unpaired) electrons. The summed E-state index contributed by atoms with van der Waals surface area (Å²) in [7, 11) is 0. The van der Waals surface area contributed by atoms with Gasteiger partial charge in [0.25, 0.3) is 0 Å². The summed E-state index contributed by atoms with van der Waals surface area (Å²) < 4.78 is 1.75. The van der Waals surface area contributed by atoms with E-state index in [-0.39, 0.29) is 6.42 Å². The topological polar surface area (TPSA) is 55.1 Å². The molecular weight excluding hydrogens is 252 g/mol. The number of rotatable bonds is 3. The molecule has 2 rings (SSSR count). The van der Waals surface area contributed by atoms with Crippen molar-refractivity contribution in [1.29, 1.82) is 0 Å². The summed E-state index contributed by atoms with van der Waals surface area (Å²) >= 11 is 0. The standard InChI is InChI=1S/C16H16N2O2/c1-12-15(11-16(19)20)13(2)18(17-12)10-6-9-14-7-4-3-5-8-14/h3-5,7-8H,10-11H2,1-2H3,(H,19,20). The van der Waals surface area contributed by atoms with E-state index in [4.69, 9.17) is 5.11 Å². The van der Waals surface area contributed by atoms with Crippen LogP contribution < -0.4 is 0 Å². The molecule has 0 fully saturated rings. The van der Waals surface area contributed by atoms with Crippen LogP contribution in [0.25, 0.3) is 0 Å². The minimum Gasteiger partial charge on any atom is -0.481 e. The van der Waals surface area contributed by atoms with Gasteiger partial charge >= 0.3 is 5.97 Å². The number of carbonyl (C=O) groups is 1. The predicted octanol–water partition coefficient (Wildman–Crippen LogP) is 2.18. The molecule has 1 aromatic heterocycles. The van der Waals surface area contributed by atoms with Crippen LogP contribution in [0.4, 0.5) is 0 Å². The zero-order valence-electron chi connectivity index (χ0n) is 11.6. The van der Waals surface area contributed by atoms with Crippen molar-refractivity contribution in [2.45, 2.75) is 26.8 Å². The highest BCUT2D eigenvalue weighted by atomic mass is 16.4. The van der Waals surface area contributed by atoms with Crippen LogP contribution in [0.1, 0.15) is 22.5 Å². The summed E-state index contributed by atoms with van der Waals surface area (Å²) in [4.78, 5) is 10.8. The van der Waals surface area contributed by atoms with E-state index >= 15 is 0 Å². The summed E-state index contributed by atoms with van der Waals surface area (Å²) in [5, 5.41) is 13.2. The van der Waals surface area contributed by atoms with Gasteiger partial charge in [0.15, 0.2) is 0 Å². The molecule has 0 aliphatic rings. The van der Waals surface area contributed by atoms with Gasteiger partial charge < -0.3 is 5.11 Å². The second-order valence-corrected chi connectivity index (χ2v) is 4.55. The summed E-state index contributed by atoms with van der Waals surface area (Å²) in [5.74, 6) is 5.28. The van der Waals surface area contributed by atoms with Crippen LogP contribution in [0, 0.1) is 25.7 Å². The Labute approximate surface area is 118 Å². The van der Waals surface area contributed by atoms with Gasteiger partial charge in [-0.1, -0.05) is 30.0 Å². The molecule has 4 heteroatoms. The first-order valence-corrected chi connectivity index (χ1v) is 6.36. The number of hydrogen-bond acceptors (Lipinski definition) is 2. The van der Waals surface area contributed by atoms with E-state index in [1.807, 2.05) is 44.2 Å². The van der Waals surface area contributed by atoms with Crippen LogP contribution in [0.3, 0.4) is 0 Å². The van der Waals surface area contributed by atoms with E-state index in [1.54, 1.807) is 4.68 Å². The molecule has 0 spiro atoms. The second-order valence-electron chi connectivity index (χ2n) is 4.55. The second kappa shape index (κ2) is 6.07. The minimum absolute atomic E-state index is 0.00375. The summed E-state index contributed by atoms with van der Waals surface area (Å²) in [5.41, 5.74) is 3.36. The summed E-state index contributed by atoms with van der Waals surface area (Å²) in [6.07, 6.45) is 0.00375. The van der Waals surface area contributed by atoms with Crippen LogP contribution in [0.2, 0.25) is 0 Å². The molecule has 0 saturated carbocycles. The molecule has 1 aromatic carbocycles. The molecule has 0 unspecified atom stereocenters. The zero-order valence-corrected chi connectivity index (χ0v) is 11.6. The number of aromatic nitrogens is 2. The van der Waals surface area contributed by atoms with Gasteiger partial charge in [0.1, 0.15) is 6.54 Å². The quantitative estimate of drug-likeness (QED) is 0.868. The highest BCUT2D eigenvalue weighted by molar-refractivity contribution is 5.70. The lowest BCUT2D eigenvalue weighted by atomic mass is 10.1. The Hall–Kier alpha value is -2.54. The number of benzene rings is 1. The number of carboxylic acid groups (broad SMARTS) is 1. The molecule has 0 bridgehead atoms. The maximum atomic E-state index is 10.8. The van der Waals surface area contributed by atoms with Gasteiger partial charge in [-0.3, -0.25) is 9.48 Å². The van der Waals surface area contributed by atoms with Crippen molar-refractivity contribution < 1.29 is 9.90 Å². The van der Waals surface area contributed by atoms with E-state index in [1.165, 1.54) is 0 Å². The first kappa shape index (κ1) is 13.9. The summed E-state index contributed by atoms with van der Waals surface area (Å²) in [6.45, 7) is 4.16. The first-order valence-electron chi connectivity index (χ1n) is 6.36. The average molecular weight is 268 g/mol. The molecule has 20 heavy (non-hydrogen) atoms. The predicted molar refractivity (Wildman–Crippen MR) is 76.4 cm³/mol. The molecule has 0 atom stereocenters. The van der Waals surface area contributed by atoms with Gasteiger partial charge in [0, 0.05) is 16.8 Å². The Morgan fingerprint density at radius 3 is 2.65 bits per heavy atom. The molecule has 0 aliphatic carbocycles. The zero-order chi connectivity index (χ0) is 14.5. The van der Waals surface area contributed by atoms with Crippen LogP contribution in [0.15, 0.2) is 30.3 Å². The third-order valence-electron chi connectivity index (χ3n) is 3.09. The van der Waals surface area contributed by atoms with Crippen LogP contribution >= 0.6 is 0 Å². The molecule has 102 valence electrons. The van der Waals surface area contributed by atoms with E-state index in [9.17, 15) is 4.79 Å². The minimum atomic E-state index is -0.842. The lowest BCUT2D eigenvalue weighted by Crippen LogP contribution is -2.04. The van der Waals surface area contributed by atoms with E-state index in [0.717, 1.165) is 22.5 Å². The van der Waals surface area contributed by atoms with Crippen molar-refractivity contribution in [3.05, 3.63) is 52.8 Å². The number of nitrogens with zero attached hydrogens (tertiary/aromatic N) is 2. The van der Waals surface area contributed by atoms with Crippen molar-refractivity contribution >= 4 is 5.97 Å². The molecule has 1 N–H and O–H groups in total. The largest absolute Gasteiger partial charge is 0.481 e. The van der Waals surface area contributed by atoms with E-state index in [2.05, 4.69) is 16.9 Å². The fourth-order valence-electron chi connectivity index (χ4n) is 2.03. The third kappa shape index (κ3) is 3.27. The average Bonchev–Trinajstić information content (AvgIpc) is 2.67. The monoisotopic (exact) mass is 268 g/mol. The molecule has 0 amide bonds. The maximum absolute atomic E-state index is 10.8. The fourth-order valence-corrected chi connectivity index (χ4v) is 2.03. The molecule has 1 heterocycles. The summed E-state index contributed by atoms with van der Waals surface area (Å²) in [6, 6.07) is 9.73. The van der Waals surface area contributed by atoms with Crippen LogP contribution in [-0.2, 0) is 17.8 Å². The molecule has 4 nitrogen and oxygen atoms in total.